The first-order chi connectivity index (χ1) is 5.31. The molecule has 0 fully saturated rings. The molecule has 0 aromatic heterocycles. The maximum absolute atomic E-state index is 2.30. The van der Waals surface area contributed by atoms with Crippen molar-refractivity contribution in [3.05, 3.63) is 0 Å². The monoisotopic (exact) mass is 262 g/mol. The Labute approximate surface area is 85.2 Å². The second-order valence-electron chi connectivity index (χ2n) is 3.40. The van der Waals surface area contributed by atoms with E-state index in [-0.39, 0.29) is 0 Å². The van der Waals surface area contributed by atoms with Crippen LogP contribution in [-0.4, -0.2) is 22.5 Å². The van der Waals surface area contributed by atoms with Crippen LogP contribution in [0.2, 0.25) is 3.93 Å². The first-order valence-corrected chi connectivity index (χ1v) is 6.97. The van der Waals surface area contributed by atoms with Crippen LogP contribution in [0.4, 0.5) is 0 Å². The van der Waals surface area contributed by atoms with Crippen molar-refractivity contribution in [1.82, 2.24) is 0 Å². The average Bonchev–Trinajstić information content (AvgIpc) is 1.99. The molecule has 0 nitrogen and oxygen atoms in total. The van der Waals surface area contributed by atoms with Crippen molar-refractivity contribution in [3.8, 4) is 0 Å². The summed E-state index contributed by atoms with van der Waals surface area (Å²) in [5.41, 5.74) is 0. The molecule has 1 heteroatoms. The van der Waals surface area contributed by atoms with Gasteiger partial charge in [-0.15, -0.1) is 0 Å². The van der Waals surface area contributed by atoms with Gasteiger partial charge < -0.3 is 0 Å². The van der Waals surface area contributed by atoms with Gasteiger partial charge in [0.15, 0.2) is 0 Å². The molecule has 66 valence electrons. The molecule has 0 bridgehead atoms. The molecule has 1 atom stereocenters. The molecule has 0 aliphatic heterocycles. The summed E-state index contributed by atoms with van der Waals surface area (Å²) in [4.78, 5) is 0. The Bertz CT molecular complexity index is 71.3. The Kier molecular flexibility index (Phi) is 9.54. The normalized spacial score (nSPS) is 13.4. The molecule has 0 saturated heterocycles. The molecule has 1 unspecified atom stereocenters. The van der Waals surface area contributed by atoms with E-state index in [1.165, 1.54) is 67.5 Å². The molecule has 0 amide bonds. The summed E-state index contributed by atoms with van der Waals surface area (Å²) in [6, 6.07) is 0. The van der Waals surface area contributed by atoms with Crippen molar-refractivity contribution in [2.45, 2.75) is 62.7 Å². The van der Waals surface area contributed by atoms with Crippen LogP contribution in [0.3, 0.4) is 0 Å². The maximum atomic E-state index is 2.30. The fourth-order valence-corrected chi connectivity index (χ4v) is 2.97. The number of hydrogen-bond acceptors (Lipinski definition) is 0. The van der Waals surface area contributed by atoms with Gasteiger partial charge in [0, 0.05) is 0 Å². The summed E-state index contributed by atoms with van der Waals surface area (Å²) in [5.74, 6) is 0. The third-order valence-corrected chi connectivity index (χ3v) is 3.99. The standard InChI is InChI=1S/C10H21.Sn.H/c1-3-5-7-9-10-8-6-4-2;;/h7H,3-6,8-10H2,1-2H3;;. The van der Waals surface area contributed by atoms with Gasteiger partial charge in [-0.2, -0.15) is 0 Å². The molecule has 0 heterocycles. The molecule has 0 aromatic rings. The minimum atomic E-state index is 1.10. The van der Waals surface area contributed by atoms with Gasteiger partial charge in [0.05, 0.1) is 0 Å². The van der Waals surface area contributed by atoms with Crippen molar-refractivity contribution < 1.29 is 0 Å². The predicted molar refractivity (Wildman–Crippen MR) is 54.6 cm³/mol. The fourth-order valence-electron chi connectivity index (χ4n) is 1.35. The summed E-state index contributed by atoms with van der Waals surface area (Å²) in [6.45, 7) is 4.58. The zero-order chi connectivity index (χ0) is 8.53. The third-order valence-electron chi connectivity index (χ3n) is 2.09. The number of rotatable bonds is 7. The van der Waals surface area contributed by atoms with Gasteiger partial charge >= 0.3 is 85.3 Å². The first-order valence-electron chi connectivity index (χ1n) is 5.06. The van der Waals surface area contributed by atoms with E-state index >= 15 is 0 Å². The van der Waals surface area contributed by atoms with Crippen molar-refractivity contribution >= 4 is 22.5 Å². The van der Waals surface area contributed by atoms with E-state index in [2.05, 4.69) is 13.8 Å². The molecule has 11 heavy (non-hydrogen) atoms. The molecule has 2 radical (unpaired) electrons. The Hall–Kier alpha value is 0.799. The van der Waals surface area contributed by atoms with Gasteiger partial charge in [-0.1, -0.05) is 0 Å². The number of unbranched alkanes of at least 4 members (excludes halogenated alkanes) is 3. The molecule has 0 N–H and O–H groups in total. The van der Waals surface area contributed by atoms with Crippen LogP contribution in [0.1, 0.15) is 58.8 Å². The van der Waals surface area contributed by atoms with Crippen LogP contribution in [0.25, 0.3) is 0 Å². The molecule has 0 rings (SSSR count). The van der Waals surface area contributed by atoms with E-state index in [0.717, 1.165) is 3.93 Å². The minimum absolute atomic E-state index is 1.10. The Morgan fingerprint density at radius 3 is 2.18 bits per heavy atom. The Morgan fingerprint density at radius 1 is 0.909 bits per heavy atom. The summed E-state index contributed by atoms with van der Waals surface area (Å²) in [6.07, 6.45) is 10.2. The third kappa shape index (κ3) is 8.71. The van der Waals surface area contributed by atoms with E-state index in [9.17, 15) is 0 Å². The zero-order valence-corrected chi connectivity index (χ0v) is 11.4. The second kappa shape index (κ2) is 8.89. The Balaban J connectivity index is 2.97. The van der Waals surface area contributed by atoms with Crippen LogP contribution in [-0.2, 0) is 0 Å². The topological polar surface area (TPSA) is 0 Å². The van der Waals surface area contributed by atoms with Crippen molar-refractivity contribution in [2.24, 2.45) is 0 Å². The van der Waals surface area contributed by atoms with E-state index in [1.54, 1.807) is 0 Å². The number of hydrogen-bond donors (Lipinski definition) is 0. The van der Waals surface area contributed by atoms with Crippen LogP contribution in [0.15, 0.2) is 0 Å². The molecule has 0 aliphatic rings. The summed E-state index contributed by atoms with van der Waals surface area (Å²) in [5, 5.41) is 0. The van der Waals surface area contributed by atoms with E-state index in [0.29, 0.717) is 0 Å². The van der Waals surface area contributed by atoms with Crippen LogP contribution < -0.4 is 0 Å². The quantitative estimate of drug-likeness (QED) is 0.486. The second-order valence-corrected chi connectivity index (χ2v) is 6.09. The van der Waals surface area contributed by atoms with Crippen LogP contribution >= 0.6 is 0 Å². The predicted octanol–water partition coefficient (Wildman–Crippen LogP) is 3.45. The fraction of sp³-hybridized carbons (Fsp3) is 1.00. The van der Waals surface area contributed by atoms with Crippen LogP contribution in [0.5, 0.6) is 0 Å². The summed E-state index contributed by atoms with van der Waals surface area (Å²) >= 11 is 1.48. The van der Waals surface area contributed by atoms with Gasteiger partial charge in [-0.25, -0.2) is 0 Å². The SMILES string of the molecule is CCCCCC[CH]([SnH])CCC. The molecule has 0 spiro atoms. The van der Waals surface area contributed by atoms with Crippen molar-refractivity contribution in [2.75, 3.05) is 0 Å². The van der Waals surface area contributed by atoms with Gasteiger partial charge in [0.25, 0.3) is 0 Å². The van der Waals surface area contributed by atoms with Crippen LogP contribution in [0, 0.1) is 0 Å². The van der Waals surface area contributed by atoms with Gasteiger partial charge in [-0.3, -0.25) is 0 Å². The van der Waals surface area contributed by atoms with E-state index < -0.39 is 0 Å². The summed E-state index contributed by atoms with van der Waals surface area (Å²) < 4.78 is 1.10. The van der Waals surface area contributed by atoms with Gasteiger partial charge in [0.1, 0.15) is 0 Å². The average molecular weight is 261 g/mol. The van der Waals surface area contributed by atoms with Gasteiger partial charge in [-0.05, 0) is 0 Å². The Morgan fingerprint density at radius 2 is 1.64 bits per heavy atom. The molecule has 0 saturated carbocycles. The molecule has 0 aliphatic carbocycles. The van der Waals surface area contributed by atoms with Crippen molar-refractivity contribution in [3.63, 3.8) is 0 Å². The van der Waals surface area contributed by atoms with E-state index in [4.69, 9.17) is 0 Å². The van der Waals surface area contributed by atoms with Crippen molar-refractivity contribution in [1.29, 1.82) is 0 Å². The molecular weight excluding hydrogens is 239 g/mol. The van der Waals surface area contributed by atoms with Gasteiger partial charge in [0.2, 0.25) is 0 Å². The first kappa shape index (κ1) is 11.8. The van der Waals surface area contributed by atoms with E-state index in [1.807, 2.05) is 0 Å². The summed E-state index contributed by atoms with van der Waals surface area (Å²) in [7, 11) is 0. The molecule has 0 aromatic carbocycles. The molecular formula is C10H22Sn. The zero-order valence-electron chi connectivity index (χ0n) is 8.10.